The number of rotatable bonds is 6. The first-order valence-electron chi connectivity index (χ1n) is 9.17. The van der Waals surface area contributed by atoms with Crippen molar-refractivity contribution in [2.24, 2.45) is 0 Å². The minimum Gasteiger partial charge on any atom is -0.356 e. The highest BCUT2D eigenvalue weighted by atomic mass is 32.2. The van der Waals surface area contributed by atoms with Crippen molar-refractivity contribution in [3.8, 4) is 0 Å². The molecule has 0 spiro atoms. The summed E-state index contributed by atoms with van der Waals surface area (Å²) in [5.74, 6) is 1.74. The largest absolute Gasteiger partial charge is 0.356 e. The maximum Gasteiger partial charge on any atom is 0.254 e. The lowest BCUT2D eigenvalue weighted by molar-refractivity contribution is 0.690. The fourth-order valence-corrected chi connectivity index (χ4v) is 4.19. The van der Waals surface area contributed by atoms with Crippen LogP contribution in [0.1, 0.15) is 36.6 Å². The summed E-state index contributed by atoms with van der Waals surface area (Å²) in [7, 11) is -1.37. The number of aryl methyl sites for hydroxylation is 1. The van der Waals surface area contributed by atoms with Gasteiger partial charge in [-0.25, -0.2) is 9.19 Å². The van der Waals surface area contributed by atoms with Crippen LogP contribution < -0.4 is 4.90 Å². The molecule has 1 unspecified atom stereocenters. The number of fused-ring (bicyclic) bond motifs is 1. The van der Waals surface area contributed by atoms with Gasteiger partial charge in [-0.3, -0.25) is 5.41 Å². The quantitative estimate of drug-likeness (QED) is 0.523. The highest BCUT2D eigenvalue weighted by molar-refractivity contribution is 7.98. The minimum atomic E-state index is -1.37. The summed E-state index contributed by atoms with van der Waals surface area (Å²) in [6.07, 6.45) is 5.49. The van der Waals surface area contributed by atoms with Gasteiger partial charge in [-0.15, -0.1) is 0 Å². The Morgan fingerprint density at radius 3 is 2.63 bits per heavy atom. The van der Waals surface area contributed by atoms with E-state index in [-0.39, 0.29) is 0 Å². The molecule has 27 heavy (non-hydrogen) atoms. The molecule has 0 aliphatic carbocycles. The van der Waals surface area contributed by atoms with Gasteiger partial charge in [0.25, 0.3) is 5.78 Å². The van der Waals surface area contributed by atoms with E-state index in [0.717, 1.165) is 48.6 Å². The number of hydrogen-bond acceptors (Lipinski definition) is 6. The van der Waals surface area contributed by atoms with Crippen LogP contribution in [0.2, 0.25) is 0 Å². The highest BCUT2D eigenvalue weighted by Gasteiger charge is 2.23. The Morgan fingerprint density at radius 1 is 1.22 bits per heavy atom. The van der Waals surface area contributed by atoms with E-state index in [1.807, 2.05) is 28.8 Å². The third-order valence-corrected chi connectivity index (χ3v) is 5.92. The Morgan fingerprint density at radius 2 is 1.96 bits per heavy atom. The average Bonchev–Trinajstić information content (AvgIpc) is 3.39. The Labute approximate surface area is 160 Å². The van der Waals surface area contributed by atoms with Gasteiger partial charge in [0.05, 0.1) is 22.0 Å². The van der Waals surface area contributed by atoms with E-state index in [1.165, 1.54) is 18.4 Å². The topological polar surface area (TPSA) is 87.2 Å². The van der Waals surface area contributed by atoms with Crippen LogP contribution in [0.5, 0.6) is 0 Å². The molecule has 1 N–H and O–H groups in total. The average molecular weight is 382 g/mol. The van der Waals surface area contributed by atoms with Gasteiger partial charge in [-0.2, -0.15) is 14.6 Å². The standard InChI is InChI=1S/C19H22N6OS/c1-2-17-16(11-14-5-7-15(8-6-14)27(26)12-20)18(24-9-3-4-10-24)25-19(23-17)21-13-22-25/h5-8,12-13,20H,2-4,9-11H2,1H3. The van der Waals surface area contributed by atoms with E-state index in [1.54, 1.807) is 6.33 Å². The summed E-state index contributed by atoms with van der Waals surface area (Å²) in [5, 5.41) is 11.6. The van der Waals surface area contributed by atoms with Crippen LogP contribution in [-0.4, -0.2) is 42.4 Å². The zero-order chi connectivity index (χ0) is 18.8. The molecule has 3 heterocycles. The lowest BCUT2D eigenvalue weighted by Gasteiger charge is -2.23. The van der Waals surface area contributed by atoms with Crippen LogP contribution in [0, 0.1) is 5.41 Å². The summed E-state index contributed by atoms with van der Waals surface area (Å²) >= 11 is 0. The Bertz CT molecular complexity index is 991. The molecule has 1 atom stereocenters. The summed E-state index contributed by atoms with van der Waals surface area (Å²) in [6.45, 7) is 4.15. The number of anilines is 1. The smallest absolute Gasteiger partial charge is 0.254 e. The molecule has 1 saturated heterocycles. The van der Waals surface area contributed by atoms with Gasteiger partial charge in [-0.1, -0.05) is 19.1 Å². The van der Waals surface area contributed by atoms with Gasteiger partial charge in [-0.05, 0) is 37.0 Å². The monoisotopic (exact) mass is 382 g/mol. The molecular weight excluding hydrogens is 360 g/mol. The van der Waals surface area contributed by atoms with E-state index in [0.29, 0.717) is 10.7 Å². The van der Waals surface area contributed by atoms with Gasteiger partial charge >= 0.3 is 0 Å². The van der Waals surface area contributed by atoms with E-state index >= 15 is 0 Å². The molecule has 0 radical (unpaired) electrons. The number of aromatic nitrogens is 4. The van der Waals surface area contributed by atoms with Crippen molar-refractivity contribution in [3.05, 3.63) is 47.4 Å². The van der Waals surface area contributed by atoms with E-state index < -0.39 is 10.8 Å². The third kappa shape index (κ3) is 3.37. The number of nitrogens with zero attached hydrogens (tertiary/aromatic N) is 5. The third-order valence-electron chi connectivity index (χ3n) is 4.97. The normalized spacial score (nSPS) is 15.4. The van der Waals surface area contributed by atoms with Crippen molar-refractivity contribution in [1.82, 2.24) is 19.6 Å². The molecular formula is C19H22N6OS. The van der Waals surface area contributed by atoms with Gasteiger partial charge in [0.1, 0.15) is 12.1 Å². The molecule has 3 aromatic rings. The molecule has 0 saturated carbocycles. The minimum absolute atomic E-state index is 0.647. The molecule has 8 heteroatoms. The zero-order valence-electron chi connectivity index (χ0n) is 15.3. The predicted octanol–water partition coefficient (Wildman–Crippen LogP) is 2.59. The van der Waals surface area contributed by atoms with Gasteiger partial charge in [0.2, 0.25) is 0 Å². The molecule has 140 valence electrons. The number of nitrogens with one attached hydrogen (secondary N) is 1. The maximum atomic E-state index is 11.8. The molecule has 1 fully saturated rings. The fraction of sp³-hybridized carbons (Fsp3) is 0.368. The molecule has 1 aliphatic heterocycles. The summed E-state index contributed by atoms with van der Waals surface area (Å²) in [5.41, 5.74) is 4.30. The van der Waals surface area contributed by atoms with Gasteiger partial charge in [0.15, 0.2) is 0 Å². The van der Waals surface area contributed by atoms with Crippen LogP contribution in [-0.2, 0) is 23.6 Å². The highest BCUT2D eigenvalue weighted by Crippen LogP contribution is 2.29. The summed E-state index contributed by atoms with van der Waals surface area (Å²) in [4.78, 5) is 12.1. The Hall–Kier alpha value is -2.61. The van der Waals surface area contributed by atoms with Gasteiger partial charge in [0, 0.05) is 30.0 Å². The Balaban J connectivity index is 1.78. The van der Waals surface area contributed by atoms with Crippen LogP contribution in [0.4, 0.5) is 5.82 Å². The summed E-state index contributed by atoms with van der Waals surface area (Å²) in [6, 6.07) is 7.63. The molecule has 4 rings (SSSR count). The second-order valence-corrected chi connectivity index (χ2v) is 7.92. The molecule has 1 aromatic carbocycles. The van der Waals surface area contributed by atoms with Crippen LogP contribution in [0.3, 0.4) is 0 Å². The van der Waals surface area contributed by atoms with Crippen molar-refractivity contribution in [2.45, 2.75) is 37.5 Å². The molecule has 0 amide bonds. The molecule has 1 aliphatic rings. The van der Waals surface area contributed by atoms with Gasteiger partial charge < -0.3 is 4.90 Å². The van der Waals surface area contributed by atoms with Crippen molar-refractivity contribution >= 4 is 27.9 Å². The zero-order valence-corrected chi connectivity index (χ0v) is 16.1. The second-order valence-electron chi connectivity index (χ2n) is 6.62. The van der Waals surface area contributed by atoms with Crippen LogP contribution in [0.15, 0.2) is 35.5 Å². The Kier molecular flexibility index (Phi) is 4.98. The predicted molar refractivity (Wildman–Crippen MR) is 106 cm³/mol. The fourth-order valence-electron chi connectivity index (χ4n) is 3.65. The van der Waals surface area contributed by atoms with Crippen molar-refractivity contribution in [3.63, 3.8) is 0 Å². The number of benzene rings is 1. The molecule has 7 nitrogen and oxygen atoms in total. The molecule has 2 aromatic heterocycles. The van der Waals surface area contributed by atoms with E-state index in [9.17, 15) is 4.21 Å². The summed E-state index contributed by atoms with van der Waals surface area (Å²) < 4.78 is 13.6. The maximum absolute atomic E-state index is 11.8. The SMILES string of the molecule is CCc1nc2ncnn2c(N2CCCC2)c1Cc1ccc(S(=O)C=N)cc1. The lowest BCUT2D eigenvalue weighted by Crippen LogP contribution is -2.24. The second kappa shape index (κ2) is 7.56. The van der Waals surface area contributed by atoms with Crippen molar-refractivity contribution < 1.29 is 4.21 Å². The lowest BCUT2D eigenvalue weighted by atomic mass is 10.0. The first-order valence-corrected chi connectivity index (χ1v) is 10.4. The number of hydrogen-bond donors (Lipinski definition) is 1. The van der Waals surface area contributed by atoms with Crippen LogP contribution in [0.25, 0.3) is 5.78 Å². The first kappa shape index (κ1) is 17.8. The molecule has 0 bridgehead atoms. The van der Waals surface area contributed by atoms with E-state index in [2.05, 4.69) is 21.9 Å². The van der Waals surface area contributed by atoms with E-state index in [4.69, 9.17) is 10.4 Å². The van der Waals surface area contributed by atoms with Crippen molar-refractivity contribution in [1.29, 1.82) is 5.41 Å². The van der Waals surface area contributed by atoms with Crippen molar-refractivity contribution in [2.75, 3.05) is 18.0 Å². The van der Waals surface area contributed by atoms with Crippen LogP contribution >= 0.6 is 0 Å². The first-order chi connectivity index (χ1) is 13.2.